The van der Waals surface area contributed by atoms with Gasteiger partial charge in [0.05, 0.1) is 6.61 Å². The molecule has 1 aromatic carbocycles. The molecule has 3 rings (SSSR count). The fourth-order valence-electron chi connectivity index (χ4n) is 2.17. The van der Waals surface area contributed by atoms with Crippen LogP contribution >= 0.6 is 0 Å². The molecule has 0 amide bonds. The summed E-state index contributed by atoms with van der Waals surface area (Å²) in [7, 11) is 0. The van der Waals surface area contributed by atoms with E-state index in [1.807, 2.05) is 32.0 Å². The number of hydrogen-bond donors (Lipinski definition) is 1. The number of aryl methyl sites for hydroxylation is 2. The van der Waals surface area contributed by atoms with E-state index >= 15 is 0 Å². The van der Waals surface area contributed by atoms with Gasteiger partial charge in [-0.25, -0.2) is 0 Å². The molecule has 0 aliphatic rings. The molecular formula is C13H12O3. The van der Waals surface area contributed by atoms with E-state index in [-0.39, 0.29) is 6.61 Å². The summed E-state index contributed by atoms with van der Waals surface area (Å²) in [6.07, 6.45) is 0. The molecule has 0 atom stereocenters. The third kappa shape index (κ3) is 1.18. The first kappa shape index (κ1) is 9.48. The Balaban J connectivity index is 2.53. The van der Waals surface area contributed by atoms with Gasteiger partial charge in [0.1, 0.15) is 22.7 Å². The highest BCUT2D eigenvalue weighted by Gasteiger charge is 2.13. The van der Waals surface area contributed by atoms with Crippen LogP contribution in [-0.2, 0) is 6.61 Å². The molecule has 0 aliphatic carbocycles. The zero-order valence-electron chi connectivity index (χ0n) is 9.20. The normalized spacial score (nSPS) is 11.7. The van der Waals surface area contributed by atoms with Gasteiger partial charge in [-0.3, -0.25) is 0 Å². The molecule has 82 valence electrons. The fraction of sp³-hybridized carbons (Fsp3) is 0.231. The van der Waals surface area contributed by atoms with Crippen molar-refractivity contribution in [2.24, 2.45) is 0 Å². The molecule has 0 radical (unpaired) electrons. The summed E-state index contributed by atoms with van der Waals surface area (Å²) < 4.78 is 11.2. The van der Waals surface area contributed by atoms with E-state index in [1.54, 1.807) is 0 Å². The first-order valence-electron chi connectivity index (χ1n) is 5.22. The Morgan fingerprint density at radius 2 is 1.81 bits per heavy atom. The highest BCUT2D eigenvalue weighted by Crippen LogP contribution is 2.32. The first-order valence-corrected chi connectivity index (χ1v) is 5.22. The lowest BCUT2D eigenvalue weighted by molar-refractivity contribution is 0.283. The topological polar surface area (TPSA) is 46.5 Å². The van der Waals surface area contributed by atoms with Crippen LogP contribution in [0.4, 0.5) is 0 Å². The van der Waals surface area contributed by atoms with Gasteiger partial charge in [0.2, 0.25) is 0 Å². The second kappa shape index (κ2) is 3.12. The van der Waals surface area contributed by atoms with Crippen LogP contribution in [0.3, 0.4) is 0 Å². The number of rotatable bonds is 1. The Labute approximate surface area is 92.3 Å². The van der Waals surface area contributed by atoms with Crippen molar-refractivity contribution < 1.29 is 13.9 Å². The van der Waals surface area contributed by atoms with Gasteiger partial charge in [0.15, 0.2) is 0 Å². The molecule has 0 unspecified atom stereocenters. The van der Waals surface area contributed by atoms with Crippen LogP contribution in [0.25, 0.3) is 21.9 Å². The molecule has 0 aliphatic heterocycles. The number of aliphatic hydroxyl groups excluding tert-OH is 1. The Hall–Kier alpha value is -1.74. The number of hydrogen-bond acceptors (Lipinski definition) is 3. The molecule has 0 saturated heterocycles. The minimum atomic E-state index is -0.0419. The van der Waals surface area contributed by atoms with Crippen LogP contribution in [0.2, 0.25) is 0 Å². The lowest BCUT2D eigenvalue weighted by atomic mass is 10.1. The van der Waals surface area contributed by atoms with E-state index < -0.39 is 0 Å². The van der Waals surface area contributed by atoms with Crippen LogP contribution in [0, 0.1) is 13.8 Å². The summed E-state index contributed by atoms with van der Waals surface area (Å²) >= 11 is 0. The van der Waals surface area contributed by atoms with Gasteiger partial charge in [-0.05, 0) is 32.0 Å². The molecule has 0 spiro atoms. The Morgan fingerprint density at radius 1 is 1.06 bits per heavy atom. The zero-order chi connectivity index (χ0) is 11.3. The summed E-state index contributed by atoms with van der Waals surface area (Å²) in [6, 6.07) is 5.83. The predicted octanol–water partition coefficient (Wildman–Crippen LogP) is 3.29. The van der Waals surface area contributed by atoms with Crippen molar-refractivity contribution in [1.29, 1.82) is 0 Å². The van der Waals surface area contributed by atoms with E-state index in [9.17, 15) is 5.11 Å². The van der Waals surface area contributed by atoms with E-state index in [2.05, 4.69) is 0 Å². The molecule has 0 bridgehead atoms. The lowest BCUT2D eigenvalue weighted by Crippen LogP contribution is -1.84. The van der Waals surface area contributed by atoms with Crippen LogP contribution in [-0.4, -0.2) is 5.11 Å². The van der Waals surface area contributed by atoms with Crippen molar-refractivity contribution in [2.75, 3.05) is 0 Å². The van der Waals surface area contributed by atoms with Crippen LogP contribution in [0.1, 0.15) is 17.1 Å². The third-order valence-corrected chi connectivity index (χ3v) is 2.81. The quantitative estimate of drug-likeness (QED) is 0.679. The van der Waals surface area contributed by atoms with Crippen molar-refractivity contribution in [3.63, 3.8) is 0 Å². The van der Waals surface area contributed by atoms with Crippen LogP contribution in [0.15, 0.2) is 27.0 Å². The summed E-state index contributed by atoms with van der Waals surface area (Å²) in [5.41, 5.74) is 2.36. The summed E-state index contributed by atoms with van der Waals surface area (Å²) in [5.74, 6) is 1.68. The number of fused-ring (bicyclic) bond motifs is 2. The van der Waals surface area contributed by atoms with Crippen molar-refractivity contribution in [3.05, 3.63) is 35.3 Å². The summed E-state index contributed by atoms with van der Waals surface area (Å²) in [6.45, 7) is 3.75. The summed E-state index contributed by atoms with van der Waals surface area (Å²) in [4.78, 5) is 0. The average Bonchev–Trinajstić information content (AvgIpc) is 2.74. The third-order valence-electron chi connectivity index (χ3n) is 2.81. The fourth-order valence-corrected chi connectivity index (χ4v) is 2.17. The van der Waals surface area contributed by atoms with Gasteiger partial charge in [-0.2, -0.15) is 0 Å². The minimum absolute atomic E-state index is 0.0419. The molecule has 3 heteroatoms. The number of aliphatic hydroxyl groups is 1. The first-order chi connectivity index (χ1) is 7.69. The van der Waals surface area contributed by atoms with E-state index in [0.29, 0.717) is 0 Å². The maximum absolute atomic E-state index is 9.45. The molecule has 2 aromatic heterocycles. The number of benzene rings is 1. The molecule has 3 aromatic rings. The highest BCUT2D eigenvalue weighted by atomic mass is 16.3. The van der Waals surface area contributed by atoms with Crippen molar-refractivity contribution in [1.82, 2.24) is 0 Å². The Morgan fingerprint density at radius 3 is 2.56 bits per heavy atom. The SMILES string of the molecule is Cc1cc2c(CO)c3oc(C)cc3cc2o1. The van der Waals surface area contributed by atoms with E-state index in [0.717, 1.165) is 39.0 Å². The van der Waals surface area contributed by atoms with Crippen molar-refractivity contribution in [2.45, 2.75) is 20.5 Å². The maximum Gasteiger partial charge on any atom is 0.140 e. The molecule has 16 heavy (non-hydrogen) atoms. The van der Waals surface area contributed by atoms with E-state index in [1.165, 1.54) is 0 Å². The summed E-state index contributed by atoms with van der Waals surface area (Å²) in [5, 5.41) is 11.4. The Kier molecular flexibility index (Phi) is 1.85. The van der Waals surface area contributed by atoms with Gasteiger partial charge in [0.25, 0.3) is 0 Å². The maximum atomic E-state index is 9.45. The molecule has 2 heterocycles. The van der Waals surface area contributed by atoms with Crippen LogP contribution in [0.5, 0.6) is 0 Å². The molecule has 0 saturated carbocycles. The smallest absolute Gasteiger partial charge is 0.140 e. The molecule has 3 nitrogen and oxygen atoms in total. The van der Waals surface area contributed by atoms with Gasteiger partial charge in [0, 0.05) is 16.3 Å². The van der Waals surface area contributed by atoms with Gasteiger partial charge >= 0.3 is 0 Å². The van der Waals surface area contributed by atoms with Gasteiger partial charge < -0.3 is 13.9 Å². The Bertz CT molecular complexity index is 618. The van der Waals surface area contributed by atoms with Crippen molar-refractivity contribution >= 4 is 21.9 Å². The zero-order valence-corrected chi connectivity index (χ0v) is 9.20. The van der Waals surface area contributed by atoms with Gasteiger partial charge in [-0.1, -0.05) is 0 Å². The standard InChI is InChI=1S/C13H12O3/c1-7-3-9-5-12-10(4-8(2)15-12)11(6-14)13(9)16-7/h3-5,14H,6H2,1-2H3. The van der Waals surface area contributed by atoms with E-state index in [4.69, 9.17) is 8.83 Å². The molecule has 1 N–H and O–H groups in total. The average molecular weight is 216 g/mol. The van der Waals surface area contributed by atoms with Crippen molar-refractivity contribution in [3.8, 4) is 0 Å². The molecule has 0 fully saturated rings. The molecular weight excluding hydrogens is 204 g/mol. The second-order valence-electron chi connectivity index (χ2n) is 4.06. The van der Waals surface area contributed by atoms with Crippen LogP contribution < -0.4 is 0 Å². The lowest BCUT2D eigenvalue weighted by Gasteiger charge is -1.99. The second-order valence-corrected chi connectivity index (χ2v) is 4.06. The minimum Gasteiger partial charge on any atom is -0.461 e. The number of furan rings is 2. The van der Waals surface area contributed by atoms with Gasteiger partial charge in [-0.15, -0.1) is 0 Å². The highest BCUT2D eigenvalue weighted by molar-refractivity contribution is 5.98. The monoisotopic (exact) mass is 216 g/mol. The largest absolute Gasteiger partial charge is 0.461 e. The predicted molar refractivity (Wildman–Crippen MR) is 61.4 cm³/mol.